The highest BCUT2D eigenvalue weighted by molar-refractivity contribution is 9.10. The SMILES string of the molecule is COc1ccc(CNC(=O)c2cncc(Br)c2)cc1OC. The van der Waals surface area contributed by atoms with E-state index in [0.29, 0.717) is 23.6 Å². The van der Waals surface area contributed by atoms with E-state index < -0.39 is 0 Å². The number of nitrogens with zero attached hydrogens (tertiary/aromatic N) is 1. The first-order valence-electron chi connectivity index (χ1n) is 6.23. The van der Waals surface area contributed by atoms with Gasteiger partial charge in [-0.2, -0.15) is 0 Å². The predicted molar refractivity (Wildman–Crippen MR) is 82.7 cm³/mol. The van der Waals surface area contributed by atoms with Gasteiger partial charge in [0.25, 0.3) is 5.91 Å². The maximum atomic E-state index is 12.0. The summed E-state index contributed by atoms with van der Waals surface area (Å²) in [6.07, 6.45) is 3.15. The van der Waals surface area contributed by atoms with Crippen LogP contribution in [0.1, 0.15) is 15.9 Å². The van der Waals surface area contributed by atoms with Gasteiger partial charge in [0.1, 0.15) is 0 Å². The molecule has 0 radical (unpaired) electrons. The van der Waals surface area contributed by atoms with Crippen LogP contribution in [0.25, 0.3) is 0 Å². The summed E-state index contributed by atoms with van der Waals surface area (Å²) in [5.74, 6) is 1.11. The van der Waals surface area contributed by atoms with Crippen LogP contribution in [-0.4, -0.2) is 25.1 Å². The van der Waals surface area contributed by atoms with Crippen molar-refractivity contribution in [1.82, 2.24) is 10.3 Å². The Balaban J connectivity index is 2.04. The lowest BCUT2D eigenvalue weighted by Gasteiger charge is -2.10. The first-order valence-corrected chi connectivity index (χ1v) is 7.03. The quantitative estimate of drug-likeness (QED) is 0.900. The summed E-state index contributed by atoms with van der Waals surface area (Å²) in [4.78, 5) is 16.0. The average molecular weight is 351 g/mol. The van der Waals surface area contributed by atoms with E-state index in [9.17, 15) is 4.79 Å². The fraction of sp³-hybridized carbons (Fsp3) is 0.200. The summed E-state index contributed by atoms with van der Waals surface area (Å²) in [7, 11) is 3.16. The molecule has 6 heteroatoms. The van der Waals surface area contributed by atoms with Crippen LogP contribution in [0.3, 0.4) is 0 Å². The van der Waals surface area contributed by atoms with Crippen molar-refractivity contribution in [2.24, 2.45) is 0 Å². The topological polar surface area (TPSA) is 60.5 Å². The summed E-state index contributed by atoms with van der Waals surface area (Å²) in [5.41, 5.74) is 1.42. The van der Waals surface area contributed by atoms with E-state index in [-0.39, 0.29) is 5.91 Å². The van der Waals surface area contributed by atoms with Crippen molar-refractivity contribution in [1.29, 1.82) is 0 Å². The van der Waals surface area contributed by atoms with Crippen LogP contribution >= 0.6 is 15.9 Å². The first-order chi connectivity index (χ1) is 10.1. The molecule has 1 amide bonds. The van der Waals surface area contributed by atoms with Crippen molar-refractivity contribution in [3.63, 3.8) is 0 Å². The molecule has 0 fully saturated rings. The van der Waals surface area contributed by atoms with Crippen LogP contribution < -0.4 is 14.8 Å². The fourth-order valence-corrected chi connectivity index (χ4v) is 2.18. The number of aromatic nitrogens is 1. The number of ether oxygens (including phenoxy) is 2. The van der Waals surface area contributed by atoms with E-state index in [4.69, 9.17) is 9.47 Å². The molecule has 0 aliphatic carbocycles. The molecule has 0 aliphatic heterocycles. The minimum Gasteiger partial charge on any atom is -0.493 e. The molecule has 0 aliphatic rings. The Labute approximate surface area is 131 Å². The van der Waals surface area contributed by atoms with Crippen molar-refractivity contribution < 1.29 is 14.3 Å². The van der Waals surface area contributed by atoms with Crippen molar-refractivity contribution in [3.05, 3.63) is 52.3 Å². The number of amides is 1. The molecule has 0 spiro atoms. The molecule has 0 atom stereocenters. The Morgan fingerprint density at radius 1 is 1.19 bits per heavy atom. The molecule has 0 unspecified atom stereocenters. The number of carbonyl (C=O) groups is 1. The normalized spacial score (nSPS) is 10.0. The van der Waals surface area contributed by atoms with E-state index in [1.165, 1.54) is 6.20 Å². The highest BCUT2D eigenvalue weighted by atomic mass is 79.9. The Hall–Kier alpha value is -2.08. The lowest BCUT2D eigenvalue weighted by Crippen LogP contribution is -2.22. The molecule has 0 bridgehead atoms. The minimum absolute atomic E-state index is 0.182. The van der Waals surface area contributed by atoms with Crippen LogP contribution in [0.2, 0.25) is 0 Å². The van der Waals surface area contributed by atoms with Crippen molar-refractivity contribution in [2.75, 3.05) is 14.2 Å². The number of methoxy groups -OCH3 is 2. The van der Waals surface area contributed by atoms with Crippen molar-refractivity contribution in [3.8, 4) is 11.5 Å². The van der Waals surface area contributed by atoms with Gasteiger partial charge >= 0.3 is 0 Å². The number of hydrogen-bond donors (Lipinski definition) is 1. The summed E-state index contributed by atoms with van der Waals surface area (Å²) in [6, 6.07) is 7.23. The van der Waals surface area contributed by atoms with Gasteiger partial charge in [-0.3, -0.25) is 9.78 Å². The molecule has 1 aromatic carbocycles. The maximum Gasteiger partial charge on any atom is 0.253 e. The van der Waals surface area contributed by atoms with E-state index >= 15 is 0 Å². The van der Waals surface area contributed by atoms with Crippen LogP contribution in [0.4, 0.5) is 0 Å². The molecular weight excluding hydrogens is 336 g/mol. The Kier molecular flexibility index (Phi) is 5.16. The monoisotopic (exact) mass is 350 g/mol. The van der Waals surface area contributed by atoms with Gasteiger partial charge in [-0.1, -0.05) is 6.07 Å². The van der Waals surface area contributed by atoms with Gasteiger partial charge in [0, 0.05) is 23.4 Å². The molecule has 1 N–H and O–H groups in total. The zero-order chi connectivity index (χ0) is 15.2. The van der Waals surface area contributed by atoms with E-state index in [2.05, 4.69) is 26.2 Å². The second-order valence-corrected chi connectivity index (χ2v) is 5.18. The van der Waals surface area contributed by atoms with E-state index in [1.807, 2.05) is 12.1 Å². The van der Waals surface area contributed by atoms with Crippen LogP contribution in [-0.2, 0) is 6.54 Å². The molecule has 2 aromatic rings. The fourth-order valence-electron chi connectivity index (χ4n) is 1.81. The molecular formula is C15H15BrN2O3. The molecule has 21 heavy (non-hydrogen) atoms. The molecule has 0 saturated heterocycles. The third-order valence-electron chi connectivity index (χ3n) is 2.87. The van der Waals surface area contributed by atoms with Gasteiger partial charge in [-0.25, -0.2) is 0 Å². The van der Waals surface area contributed by atoms with Gasteiger partial charge in [-0.05, 0) is 39.7 Å². The zero-order valence-corrected chi connectivity index (χ0v) is 13.3. The number of halogens is 1. The molecule has 1 heterocycles. The zero-order valence-electron chi connectivity index (χ0n) is 11.7. The Morgan fingerprint density at radius 2 is 1.95 bits per heavy atom. The second-order valence-electron chi connectivity index (χ2n) is 4.26. The van der Waals surface area contributed by atoms with Crippen LogP contribution in [0, 0.1) is 0 Å². The highest BCUT2D eigenvalue weighted by Crippen LogP contribution is 2.27. The number of carbonyl (C=O) groups excluding carboxylic acids is 1. The Morgan fingerprint density at radius 3 is 2.62 bits per heavy atom. The van der Waals surface area contributed by atoms with Gasteiger partial charge in [0.05, 0.1) is 19.8 Å². The lowest BCUT2D eigenvalue weighted by atomic mass is 10.2. The summed E-state index contributed by atoms with van der Waals surface area (Å²) < 4.78 is 11.2. The van der Waals surface area contributed by atoms with Gasteiger partial charge in [0.15, 0.2) is 11.5 Å². The highest BCUT2D eigenvalue weighted by Gasteiger charge is 2.08. The van der Waals surface area contributed by atoms with Crippen molar-refractivity contribution >= 4 is 21.8 Å². The summed E-state index contributed by atoms with van der Waals surface area (Å²) in [6.45, 7) is 0.395. The third-order valence-corrected chi connectivity index (χ3v) is 3.30. The third kappa shape index (κ3) is 3.95. The average Bonchev–Trinajstić information content (AvgIpc) is 2.52. The predicted octanol–water partition coefficient (Wildman–Crippen LogP) is 2.79. The number of hydrogen-bond acceptors (Lipinski definition) is 4. The number of rotatable bonds is 5. The Bertz CT molecular complexity index is 647. The van der Waals surface area contributed by atoms with Gasteiger partial charge < -0.3 is 14.8 Å². The molecule has 5 nitrogen and oxygen atoms in total. The van der Waals surface area contributed by atoms with Crippen molar-refractivity contribution in [2.45, 2.75) is 6.54 Å². The molecule has 1 aromatic heterocycles. The van der Waals surface area contributed by atoms with E-state index in [0.717, 1.165) is 10.0 Å². The number of pyridine rings is 1. The number of benzene rings is 1. The largest absolute Gasteiger partial charge is 0.493 e. The van der Waals surface area contributed by atoms with Crippen LogP contribution in [0.15, 0.2) is 41.1 Å². The summed E-state index contributed by atoms with van der Waals surface area (Å²) in [5, 5.41) is 2.84. The summed E-state index contributed by atoms with van der Waals surface area (Å²) >= 11 is 3.29. The van der Waals surface area contributed by atoms with Gasteiger partial charge in [0.2, 0.25) is 0 Å². The second kappa shape index (κ2) is 7.08. The standard InChI is InChI=1S/C15H15BrN2O3/c1-20-13-4-3-10(5-14(13)21-2)7-18-15(19)11-6-12(16)9-17-8-11/h3-6,8-9H,7H2,1-2H3,(H,18,19). The molecule has 110 valence electrons. The number of nitrogens with one attached hydrogen (secondary N) is 1. The molecule has 0 saturated carbocycles. The van der Waals surface area contributed by atoms with E-state index in [1.54, 1.807) is 32.5 Å². The minimum atomic E-state index is -0.182. The smallest absolute Gasteiger partial charge is 0.253 e. The molecule has 2 rings (SSSR count). The maximum absolute atomic E-state index is 12.0. The van der Waals surface area contributed by atoms with Crippen LogP contribution in [0.5, 0.6) is 11.5 Å². The lowest BCUT2D eigenvalue weighted by molar-refractivity contribution is 0.0950. The van der Waals surface area contributed by atoms with Gasteiger partial charge in [-0.15, -0.1) is 0 Å². The first kappa shape index (κ1) is 15.3.